The van der Waals surface area contributed by atoms with Crippen molar-refractivity contribution in [1.29, 1.82) is 0 Å². The highest BCUT2D eigenvalue weighted by Gasteiger charge is 2.07. The van der Waals surface area contributed by atoms with Crippen molar-refractivity contribution >= 4 is 35.3 Å². The molecule has 0 heterocycles. The monoisotopic (exact) mass is 336 g/mol. The Hall–Kier alpha value is -2.04. The number of halogens is 2. The van der Waals surface area contributed by atoms with Crippen molar-refractivity contribution < 1.29 is 9.53 Å². The van der Waals surface area contributed by atoms with Gasteiger partial charge in [-0.1, -0.05) is 59.1 Å². The highest BCUT2D eigenvalue weighted by atomic mass is 35.5. The van der Waals surface area contributed by atoms with Crippen LogP contribution in [0, 0.1) is 6.92 Å². The summed E-state index contributed by atoms with van der Waals surface area (Å²) >= 11 is 11.8. The van der Waals surface area contributed by atoms with Crippen molar-refractivity contribution in [3.63, 3.8) is 0 Å². The summed E-state index contributed by atoms with van der Waals surface area (Å²) in [4.78, 5) is 11.6. The number of hydrogen-bond acceptors (Lipinski definition) is 3. The van der Waals surface area contributed by atoms with Gasteiger partial charge in [-0.25, -0.2) is 5.43 Å². The molecule has 1 amide bonds. The van der Waals surface area contributed by atoms with E-state index in [-0.39, 0.29) is 17.5 Å². The fraction of sp³-hybridized carbons (Fsp3) is 0.125. The number of benzene rings is 2. The standard InChI is InChI=1S/C16H14Cl2N2O2/c1-11-5-7-12(8-6-11)9-19-20-15(21)10-22-14-4-2-3-13(17)16(14)18/h2-9H,10H2,1H3,(H,20,21)/b19-9-. The Morgan fingerprint density at radius 1 is 1.23 bits per heavy atom. The summed E-state index contributed by atoms with van der Waals surface area (Å²) in [6.45, 7) is 1.80. The van der Waals surface area contributed by atoms with Gasteiger partial charge in [0, 0.05) is 0 Å². The van der Waals surface area contributed by atoms with Crippen LogP contribution in [0.25, 0.3) is 0 Å². The second-order valence-electron chi connectivity index (χ2n) is 4.54. The van der Waals surface area contributed by atoms with E-state index in [0.717, 1.165) is 11.1 Å². The van der Waals surface area contributed by atoms with Gasteiger partial charge in [-0.15, -0.1) is 0 Å². The summed E-state index contributed by atoms with van der Waals surface area (Å²) < 4.78 is 5.30. The molecule has 2 aromatic carbocycles. The molecular formula is C16H14Cl2N2O2. The van der Waals surface area contributed by atoms with Gasteiger partial charge in [0.1, 0.15) is 10.8 Å². The molecule has 2 rings (SSSR count). The van der Waals surface area contributed by atoms with Gasteiger partial charge in [-0.2, -0.15) is 5.10 Å². The van der Waals surface area contributed by atoms with Gasteiger partial charge in [0.2, 0.25) is 0 Å². The summed E-state index contributed by atoms with van der Waals surface area (Å²) in [6, 6.07) is 12.7. The number of nitrogens with zero attached hydrogens (tertiary/aromatic N) is 1. The van der Waals surface area contributed by atoms with Gasteiger partial charge in [-0.05, 0) is 24.6 Å². The van der Waals surface area contributed by atoms with Gasteiger partial charge < -0.3 is 4.74 Å². The number of rotatable bonds is 5. The van der Waals surface area contributed by atoms with Crippen LogP contribution in [-0.4, -0.2) is 18.7 Å². The Bertz CT molecular complexity index is 685. The Labute approximate surface area is 138 Å². The third-order valence-electron chi connectivity index (χ3n) is 2.76. The molecule has 0 atom stereocenters. The molecule has 6 heteroatoms. The summed E-state index contributed by atoms with van der Waals surface area (Å²) in [5, 5.41) is 4.51. The van der Waals surface area contributed by atoms with E-state index in [1.54, 1.807) is 24.4 Å². The molecule has 0 aliphatic carbocycles. The maximum Gasteiger partial charge on any atom is 0.277 e. The topological polar surface area (TPSA) is 50.7 Å². The third kappa shape index (κ3) is 4.76. The molecule has 0 aromatic heterocycles. The van der Waals surface area contributed by atoms with E-state index in [1.807, 2.05) is 31.2 Å². The average Bonchev–Trinajstić information content (AvgIpc) is 2.51. The molecule has 114 valence electrons. The summed E-state index contributed by atoms with van der Waals surface area (Å²) in [5.74, 6) is -0.0359. The first kappa shape index (κ1) is 16.3. The largest absolute Gasteiger partial charge is 0.482 e. The lowest BCUT2D eigenvalue weighted by atomic mass is 10.2. The molecule has 0 unspecified atom stereocenters. The molecule has 2 aromatic rings. The van der Waals surface area contributed by atoms with E-state index < -0.39 is 0 Å². The first-order valence-corrected chi connectivity index (χ1v) is 7.27. The van der Waals surface area contributed by atoms with E-state index in [4.69, 9.17) is 27.9 Å². The summed E-state index contributed by atoms with van der Waals surface area (Å²) in [5.41, 5.74) is 4.43. The normalized spacial score (nSPS) is 10.7. The minimum atomic E-state index is -0.389. The smallest absolute Gasteiger partial charge is 0.277 e. The number of nitrogens with one attached hydrogen (secondary N) is 1. The number of hydrazone groups is 1. The molecule has 0 fully saturated rings. The quantitative estimate of drug-likeness (QED) is 0.666. The van der Waals surface area contributed by atoms with E-state index >= 15 is 0 Å². The predicted octanol–water partition coefficient (Wildman–Crippen LogP) is 3.83. The van der Waals surface area contributed by atoms with Gasteiger partial charge >= 0.3 is 0 Å². The van der Waals surface area contributed by atoms with Crippen LogP contribution in [0.15, 0.2) is 47.6 Å². The fourth-order valence-corrected chi connectivity index (χ4v) is 1.95. The van der Waals surface area contributed by atoms with Crippen molar-refractivity contribution in [3.05, 3.63) is 63.6 Å². The highest BCUT2D eigenvalue weighted by molar-refractivity contribution is 6.42. The van der Waals surface area contributed by atoms with E-state index in [9.17, 15) is 4.79 Å². The number of carbonyl (C=O) groups excluding carboxylic acids is 1. The van der Waals surface area contributed by atoms with Crippen molar-refractivity contribution in [3.8, 4) is 5.75 Å². The fourth-order valence-electron chi connectivity index (χ4n) is 1.60. The van der Waals surface area contributed by atoms with E-state index in [0.29, 0.717) is 10.8 Å². The molecule has 0 saturated heterocycles. The number of aryl methyl sites for hydroxylation is 1. The molecule has 0 aliphatic rings. The number of hydrogen-bond donors (Lipinski definition) is 1. The minimum Gasteiger partial charge on any atom is -0.482 e. The van der Waals surface area contributed by atoms with Crippen molar-refractivity contribution in [2.24, 2.45) is 5.10 Å². The lowest BCUT2D eigenvalue weighted by molar-refractivity contribution is -0.123. The Morgan fingerprint density at radius 2 is 1.95 bits per heavy atom. The minimum absolute atomic E-state index is 0.203. The Balaban J connectivity index is 1.83. The lowest BCUT2D eigenvalue weighted by Gasteiger charge is -2.07. The van der Waals surface area contributed by atoms with Crippen molar-refractivity contribution in [2.75, 3.05) is 6.61 Å². The first-order valence-electron chi connectivity index (χ1n) is 6.51. The van der Waals surface area contributed by atoms with E-state index in [2.05, 4.69) is 10.5 Å². The molecule has 4 nitrogen and oxygen atoms in total. The van der Waals surface area contributed by atoms with Gasteiger partial charge in [0.15, 0.2) is 6.61 Å². The zero-order valence-electron chi connectivity index (χ0n) is 11.8. The van der Waals surface area contributed by atoms with E-state index in [1.165, 1.54) is 0 Å². The maximum atomic E-state index is 11.6. The van der Waals surface area contributed by atoms with Gasteiger partial charge in [-0.3, -0.25) is 4.79 Å². The van der Waals surface area contributed by atoms with Crippen LogP contribution in [0.5, 0.6) is 5.75 Å². The molecular weight excluding hydrogens is 323 g/mol. The van der Waals surface area contributed by atoms with Crippen LogP contribution >= 0.6 is 23.2 Å². The molecule has 1 N–H and O–H groups in total. The van der Waals surface area contributed by atoms with Crippen LogP contribution in [0.3, 0.4) is 0 Å². The zero-order chi connectivity index (χ0) is 15.9. The Kier molecular flexibility index (Phi) is 5.81. The number of amides is 1. The molecule has 0 spiro atoms. The molecule has 0 radical (unpaired) electrons. The summed E-state index contributed by atoms with van der Waals surface area (Å²) in [6.07, 6.45) is 1.56. The zero-order valence-corrected chi connectivity index (χ0v) is 13.4. The molecule has 0 aliphatic heterocycles. The van der Waals surface area contributed by atoms with Crippen LogP contribution in [0.1, 0.15) is 11.1 Å². The van der Waals surface area contributed by atoms with Crippen LogP contribution < -0.4 is 10.2 Å². The SMILES string of the molecule is Cc1ccc(/C=N\NC(=O)COc2cccc(Cl)c2Cl)cc1. The van der Waals surface area contributed by atoms with Crippen LogP contribution in [-0.2, 0) is 4.79 Å². The van der Waals surface area contributed by atoms with Gasteiger partial charge in [0.05, 0.1) is 11.2 Å². The maximum absolute atomic E-state index is 11.6. The Morgan fingerprint density at radius 3 is 2.68 bits per heavy atom. The highest BCUT2D eigenvalue weighted by Crippen LogP contribution is 2.31. The molecule has 22 heavy (non-hydrogen) atoms. The summed E-state index contributed by atoms with van der Waals surface area (Å²) in [7, 11) is 0. The first-order chi connectivity index (χ1) is 10.6. The van der Waals surface area contributed by atoms with Crippen LogP contribution in [0.4, 0.5) is 0 Å². The number of ether oxygens (including phenoxy) is 1. The lowest BCUT2D eigenvalue weighted by Crippen LogP contribution is -2.24. The second kappa shape index (κ2) is 7.82. The molecule has 0 saturated carbocycles. The van der Waals surface area contributed by atoms with Gasteiger partial charge in [0.25, 0.3) is 5.91 Å². The molecule has 0 bridgehead atoms. The van der Waals surface area contributed by atoms with Crippen molar-refractivity contribution in [1.82, 2.24) is 5.43 Å². The number of carbonyl (C=O) groups is 1. The average molecular weight is 337 g/mol. The van der Waals surface area contributed by atoms with Crippen LogP contribution in [0.2, 0.25) is 10.0 Å². The predicted molar refractivity (Wildman–Crippen MR) is 88.9 cm³/mol. The van der Waals surface area contributed by atoms with Crippen molar-refractivity contribution in [2.45, 2.75) is 6.92 Å². The second-order valence-corrected chi connectivity index (χ2v) is 5.33. The third-order valence-corrected chi connectivity index (χ3v) is 3.56.